The highest BCUT2D eigenvalue weighted by atomic mass is 127. The molecule has 1 fully saturated rings. The zero-order chi connectivity index (χ0) is 19.8. The van der Waals surface area contributed by atoms with Crippen LogP contribution < -0.4 is 10.1 Å². The maximum Gasteiger partial charge on any atom is 0.194 e. The zero-order valence-corrected chi connectivity index (χ0v) is 19.6. The SMILES string of the molecule is CCNC(=NCC(O)Cc1ccccc1)N1CCC(c2ccc(OC)cc2)C1.I. The number of guanidine groups is 1. The molecule has 0 bridgehead atoms. The molecule has 0 amide bonds. The van der Waals surface area contributed by atoms with Crippen LogP contribution in [0.15, 0.2) is 59.6 Å². The van der Waals surface area contributed by atoms with Crippen molar-refractivity contribution in [3.05, 3.63) is 65.7 Å². The third kappa shape index (κ3) is 6.89. The first-order valence-electron chi connectivity index (χ1n) is 10.1. The predicted octanol–water partition coefficient (Wildman–Crippen LogP) is 3.67. The van der Waals surface area contributed by atoms with E-state index >= 15 is 0 Å². The third-order valence-corrected chi connectivity index (χ3v) is 5.18. The number of aliphatic imine (C=N–C) groups is 1. The second kappa shape index (κ2) is 12.0. The molecule has 1 heterocycles. The lowest BCUT2D eigenvalue weighted by Crippen LogP contribution is -2.40. The van der Waals surface area contributed by atoms with E-state index in [1.165, 1.54) is 5.56 Å². The molecule has 2 aromatic carbocycles. The summed E-state index contributed by atoms with van der Waals surface area (Å²) in [5, 5.41) is 13.8. The lowest BCUT2D eigenvalue weighted by atomic mass is 9.98. The predicted molar refractivity (Wildman–Crippen MR) is 129 cm³/mol. The Labute approximate surface area is 191 Å². The van der Waals surface area contributed by atoms with Crippen LogP contribution in [0.2, 0.25) is 0 Å². The minimum absolute atomic E-state index is 0. The molecule has 158 valence electrons. The summed E-state index contributed by atoms with van der Waals surface area (Å²) < 4.78 is 5.26. The van der Waals surface area contributed by atoms with Gasteiger partial charge in [0.05, 0.1) is 19.8 Å². The highest BCUT2D eigenvalue weighted by molar-refractivity contribution is 14.0. The first kappa shape index (κ1) is 23.5. The summed E-state index contributed by atoms with van der Waals surface area (Å²) in [5.41, 5.74) is 2.47. The number of benzene rings is 2. The monoisotopic (exact) mass is 509 g/mol. The van der Waals surface area contributed by atoms with E-state index in [2.05, 4.69) is 29.3 Å². The number of ether oxygens (including phenoxy) is 1. The fourth-order valence-corrected chi connectivity index (χ4v) is 3.67. The molecule has 3 rings (SSSR count). The highest BCUT2D eigenvalue weighted by Gasteiger charge is 2.26. The summed E-state index contributed by atoms with van der Waals surface area (Å²) in [5.74, 6) is 2.27. The van der Waals surface area contributed by atoms with Gasteiger partial charge in [0.1, 0.15) is 5.75 Å². The normalized spacial score (nSPS) is 17.6. The molecule has 1 aliphatic rings. The van der Waals surface area contributed by atoms with Crippen LogP contribution in [0.1, 0.15) is 30.4 Å². The number of nitrogens with zero attached hydrogens (tertiary/aromatic N) is 2. The smallest absolute Gasteiger partial charge is 0.194 e. The van der Waals surface area contributed by atoms with E-state index in [1.54, 1.807) is 7.11 Å². The molecule has 0 saturated carbocycles. The van der Waals surface area contributed by atoms with E-state index in [1.807, 2.05) is 42.5 Å². The van der Waals surface area contributed by atoms with Crippen LogP contribution in [0.5, 0.6) is 5.75 Å². The van der Waals surface area contributed by atoms with Gasteiger partial charge in [-0.1, -0.05) is 42.5 Å². The average Bonchev–Trinajstić information content (AvgIpc) is 3.22. The Hall–Kier alpha value is -1.80. The molecule has 0 aromatic heterocycles. The minimum atomic E-state index is -0.476. The Kier molecular flexibility index (Phi) is 9.73. The van der Waals surface area contributed by atoms with Crippen molar-refractivity contribution in [1.82, 2.24) is 10.2 Å². The van der Waals surface area contributed by atoms with Gasteiger partial charge in [0.2, 0.25) is 0 Å². The number of aliphatic hydroxyl groups excluding tert-OH is 1. The average molecular weight is 509 g/mol. The summed E-state index contributed by atoms with van der Waals surface area (Å²) in [7, 11) is 1.69. The number of hydrogen-bond donors (Lipinski definition) is 2. The number of nitrogens with one attached hydrogen (secondary N) is 1. The van der Waals surface area contributed by atoms with Gasteiger partial charge in [-0.25, -0.2) is 0 Å². The van der Waals surface area contributed by atoms with E-state index in [9.17, 15) is 5.11 Å². The topological polar surface area (TPSA) is 57.1 Å². The van der Waals surface area contributed by atoms with Crippen LogP contribution in [0.3, 0.4) is 0 Å². The van der Waals surface area contributed by atoms with E-state index in [0.717, 1.165) is 43.3 Å². The molecule has 0 radical (unpaired) electrons. The first-order valence-corrected chi connectivity index (χ1v) is 10.1. The van der Waals surface area contributed by atoms with Gasteiger partial charge in [-0.3, -0.25) is 4.99 Å². The Morgan fingerprint density at radius 1 is 1.21 bits per heavy atom. The molecule has 6 heteroatoms. The quantitative estimate of drug-likeness (QED) is 0.340. The van der Waals surface area contributed by atoms with Crippen molar-refractivity contribution < 1.29 is 9.84 Å². The molecular formula is C23H32IN3O2. The summed E-state index contributed by atoms with van der Waals surface area (Å²) >= 11 is 0. The lowest BCUT2D eigenvalue weighted by molar-refractivity contribution is 0.183. The van der Waals surface area contributed by atoms with Crippen molar-refractivity contribution in [2.24, 2.45) is 4.99 Å². The van der Waals surface area contributed by atoms with Crippen molar-refractivity contribution in [3.63, 3.8) is 0 Å². The third-order valence-electron chi connectivity index (χ3n) is 5.18. The van der Waals surface area contributed by atoms with Crippen molar-refractivity contribution in [1.29, 1.82) is 0 Å². The second-order valence-corrected chi connectivity index (χ2v) is 7.24. The fraction of sp³-hybridized carbons (Fsp3) is 0.435. The van der Waals surface area contributed by atoms with Crippen LogP contribution in [0, 0.1) is 0 Å². The van der Waals surface area contributed by atoms with Gasteiger partial charge >= 0.3 is 0 Å². The standard InChI is InChI=1S/C23H31N3O2.HI/c1-3-24-23(25-16-21(27)15-18-7-5-4-6-8-18)26-14-13-20(17-26)19-9-11-22(28-2)12-10-19;/h4-12,20-21,27H,3,13-17H2,1-2H3,(H,24,25);1H. The Morgan fingerprint density at radius 2 is 1.93 bits per heavy atom. The van der Waals surface area contributed by atoms with Crippen LogP contribution in [-0.2, 0) is 6.42 Å². The maximum absolute atomic E-state index is 10.4. The lowest BCUT2D eigenvalue weighted by Gasteiger charge is -2.22. The maximum atomic E-state index is 10.4. The number of methoxy groups -OCH3 is 1. The molecule has 2 unspecified atom stereocenters. The van der Waals surface area contributed by atoms with Crippen LogP contribution in [-0.4, -0.2) is 55.4 Å². The van der Waals surface area contributed by atoms with Crippen molar-refractivity contribution >= 4 is 29.9 Å². The number of hydrogen-bond acceptors (Lipinski definition) is 3. The zero-order valence-electron chi connectivity index (χ0n) is 17.3. The van der Waals surface area contributed by atoms with Gasteiger partial charge in [0.25, 0.3) is 0 Å². The molecule has 1 aliphatic heterocycles. The van der Waals surface area contributed by atoms with E-state index in [0.29, 0.717) is 18.9 Å². The summed E-state index contributed by atoms with van der Waals surface area (Å²) in [6, 6.07) is 18.4. The van der Waals surface area contributed by atoms with Gasteiger partial charge in [-0.05, 0) is 36.6 Å². The van der Waals surface area contributed by atoms with E-state index in [4.69, 9.17) is 9.73 Å². The molecular weight excluding hydrogens is 477 g/mol. The molecule has 0 spiro atoms. The van der Waals surface area contributed by atoms with Crippen LogP contribution in [0.25, 0.3) is 0 Å². The number of aliphatic hydroxyl groups is 1. The number of rotatable bonds is 7. The van der Waals surface area contributed by atoms with E-state index < -0.39 is 6.10 Å². The Morgan fingerprint density at radius 3 is 2.59 bits per heavy atom. The van der Waals surface area contributed by atoms with Gasteiger partial charge in [-0.2, -0.15) is 0 Å². The summed E-state index contributed by atoms with van der Waals surface area (Å²) in [6.45, 7) is 5.20. The minimum Gasteiger partial charge on any atom is -0.497 e. The first-order chi connectivity index (χ1) is 13.7. The van der Waals surface area contributed by atoms with Gasteiger partial charge in [-0.15, -0.1) is 24.0 Å². The molecule has 5 nitrogen and oxygen atoms in total. The van der Waals surface area contributed by atoms with Crippen LogP contribution >= 0.6 is 24.0 Å². The van der Waals surface area contributed by atoms with Crippen molar-refractivity contribution in [3.8, 4) is 5.75 Å². The summed E-state index contributed by atoms with van der Waals surface area (Å²) in [4.78, 5) is 7.01. The molecule has 1 saturated heterocycles. The molecule has 2 atom stereocenters. The van der Waals surface area contributed by atoms with Crippen molar-refractivity contribution in [2.45, 2.75) is 31.8 Å². The van der Waals surface area contributed by atoms with E-state index in [-0.39, 0.29) is 24.0 Å². The van der Waals surface area contributed by atoms with Gasteiger partial charge in [0, 0.05) is 32.0 Å². The van der Waals surface area contributed by atoms with Crippen molar-refractivity contribution in [2.75, 3.05) is 33.3 Å². The highest BCUT2D eigenvalue weighted by Crippen LogP contribution is 2.28. The van der Waals surface area contributed by atoms with Gasteiger partial charge < -0.3 is 20.1 Å². The molecule has 2 N–H and O–H groups in total. The fourth-order valence-electron chi connectivity index (χ4n) is 3.67. The summed E-state index contributed by atoms with van der Waals surface area (Å²) in [6.07, 6.45) is 1.25. The molecule has 2 aromatic rings. The van der Waals surface area contributed by atoms with Gasteiger partial charge in [0.15, 0.2) is 5.96 Å². The Bertz CT molecular complexity index is 752. The number of halogens is 1. The Balaban J connectivity index is 0.00000300. The largest absolute Gasteiger partial charge is 0.497 e. The molecule has 0 aliphatic carbocycles. The number of likely N-dealkylation sites (tertiary alicyclic amines) is 1. The van der Waals surface area contributed by atoms with Crippen LogP contribution in [0.4, 0.5) is 0 Å². The second-order valence-electron chi connectivity index (χ2n) is 7.24. The molecule has 29 heavy (non-hydrogen) atoms.